The summed E-state index contributed by atoms with van der Waals surface area (Å²) in [5, 5.41) is 20.3. The van der Waals surface area contributed by atoms with Gasteiger partial charge in [0.25, 0.3) is 0 Å². The topological polar surface area (TPSA) is 133 Å². The van der Waals surface area contributed by atoms with E-state index in [1.165, 1.54) is 18.0 Å². The zero-order valence-corrected chi connectivity index (χ0v) is 21.9. The molecule has 1 aliphatic rings. The number of rotatable bonds is 11. The van der Waals surface area contributed by atoms with Crippen molar-refractivity contribution in [2.24, 2.45) is 7.05 Å². The minimum atomic E-state index is -1.27. The maximum absolute atomic E-state index is 14.4. The molecule has 204 valence electrons. The second-order valence-electron chi connectivity index (χ2n) is 9.09. The number of halogens is 1. The van der Waals surface area contributed by atoms with Gasteiger partial charge >= 0.3 is 5.97 Å². The molecule has 4 rings (SSSR count). The number of aryl methyl sites for hydroxylation is 2. The van der Waals surface area contributed by atoms with E-state index >= 15 is 0 Å². The number of nitrogens with zero attached hydrogens (tertiary/aromatic N) is 9. The fraction of sp³-hybridized carbons (Fsp3) is 0.542. The molecule has 0 spiro atoms. The maximum atomic E-state index is 14.4. The number of methoxy groups -OCH3 is 1. The zero-order valence-electron chi connectivity index (χ0n) is 21.9. The molecule has 2 atom stereocenters. The Kier molecular flexibility index (Phi) is 8.61. The van der Waals surface area contributed by atoms with Crippen LogP contribution >= 0.6 is 0 Å². The van der Waals surface area contributed by atoms with Gasteiger partial charge in [-0.3, -0.25) is 19.2 Å². The third-order valence-electron chi connectivity index (χ3n) is 6.42. The van der Waals surface area contributed by atoms with Gasteiger partial charge in [-0.15, -0.1) is 15.3 Å². The number of ketones is 1. The maximum Gasteiger partial charge on any atom is 0.324 e. The highest BCUT2D eigenvalue weighted by Gasteiger charge is 2.35. The van der Waals surface area contributed by atoms with Crippen LogP contribution in [-0.2, 0) is 23.2 Å². The van der Waals surface area contributed by atoms with Crippen LogP contribution in [0.4, 0.5) is 10.2 Å². The second-order valence-corrected chi connectivity index (χ2v) is 9.09. The minimum Gasteiger partial charge on any atom is -0.470 e. The molecule has 13 nitrogen and oxygen atoms in total. The SMILES string of the molecule is CCCC(F)n1nnc(C)c1COc1ccc(N2CCN(CC(=O)c3cnn(C)c3)[C@H](C(=O)OC)C2)nn1. The molecule has 4 heterocycles. The van der Waals surface area contributed by atoms with E-state index in [4.69, 9.17) is 9.47 Å². The molecule has 0 aromatic carbocycles. The third-order valence-corrected chi connectivity index (χ3v) is 6.42. The van der Waals surface area contributed by atoms with Crippen LogP contribution in [0.3, 0.4) is 0 Å². The summed E-state index contributed by atoms with van der Waals surface area (Å²) in [6, 6.07) is 2.75. The number of hydrogen-bond donors (Lipinski definition) is 0. The number of esters is 1. The Labute approximate surface area is 219 Å². The van der Waals surface area contributed by atoms with Crippen LogP contribution in [-0.4, -0.2) is 91.0 Å². The molecule has 0 amide bonds. The molecular formula is C24H32FN9O4. The minimum absolute atomic E-state index is 0.0467. The second kappa shape index (κ2) is 12.1. The van der Waals surface area contributed by atoms with Gasteiger partial charge in [-0.2, -0.15) is 5.10 Å². The molecule has 1 fully saturated rings. The van der Waals surface area contributed by atoms with Gasteiger partial charge in [0.1, 0.15) is 18.3 Å². The van der Waals surface area contributed by atoms with E-state index in [2.05, 4.69) is 25.6 Å². The number of piperazine rings is 1. The number of ether oxygens (including phenoxy) is 2. The molecule has 0 saturated carbocycles. The van der Waals surface area contributed by atoms with Crippen molar-refractivity contribution in [1.29, 1.82) is 0 Å². The highest BCUT2D eigenvalue weighted by atomic mass is 19.1. The van der Waals surface area contributed by atoms with Gasteiger partial charge < -0.3 is 14.4 Å². The highest BCUT2D eigenvalue weighted by molar-refractivity contribution is 5.97. The van der Waals surface area contributed by atoms with Gasteiger partial charge in [0, 0.05) is 38.9 Å². The summed E-state index contributed by atoms with van der Waals surface area (Å²) in [5.41, 5.74) is 1.61. The zero-order chi connectivity index (χ0) is 27.2. The van der Waals surface area contributed by atoms with E-state index in [9.17, 15) is 14.0 Å². The van der Waals surface area contributed by atoms with Gasteiger partial charge in [-0.1, -0.05) is 18.6 Å². The number of aromatic nitrogens is 7. The first kappa shape index (κ1) is 27.1. The van der Waals surface area contributed by atoms with E-state index in [-0.39, 0.29) is 31.4 Å². The Morgan fingerprint density at radius 3 is 2.68 bits per heavy atom. The van der Waals surface area contributed by atoms with Gasteiger partial charge in [-0.25, -0.2) is 9.07 Å². The summed E-state index contributed by atoms with van der Waals surface area (Å²) in [5.74, 6) is 0.259. The summed E-state index contributed by atoms with van der Waals surface area (Å²) in [6.45, 7) is 5.02. The number of carbonyl (C=O) groups excluding carboxylic acids is 2. The van der Waals surface area contributed by atoms with Gasteiger partial charge in [-0.05, 0) is 19.4 Å². The molecule has 0 bridgehead atoms. The summed E-state index contributed by atoms with van der Waals surface area (Å²) < 4.78 is 27.9. The molecule has 38 heavy (non-hydrogen) atoms. The lowest BCUT2D eigenvalue weighted by molar-refractivity contribution is -0.146. The first-order valence-corrected chi connectivity index (χ1v) is 12.4. The summed E-state index contributed by atoms with van der Waals surface area (Å²) in [6.07, 6.45) is 2.91. The van der Waals surface area contributed by atoms with Crippen LogP contribution in [0.2, 0.25) is 0 Å². The monoisotopic (exact) mass is 529 g/mol. The van der Waals surface area contributed by atoms with Crippen molar-refractivity contribution in [3.63, 3.8) is 0 Å². The lowest BCUT2D eigenvalue weighted by Crippen LogP contribution is -2.58. The average Bonchev–Trinajstić information content (AvgIpc) is 3.53. The van der Waals surface area contributed by atoms with Gasteiger partial charge in [0.05, 0.1) is 31.1 Å². The first-order valence-electron chi connectivity index (χ1n) is 12.4. The van der Waals surface area contributed by atoms with E-state index in [1.54, 1.807) is 41.9 Å². The van der Waals surface area contributed by atoms with Crippen LogP contribution < -0.4 is 9.64 Å². The third kappa shape index (κ3) is 6.13. The van der Waals surface area contributed by atoms with Crippen LogP contribution in [0.25, 0.3) is 0 Å². The molecule has 3 aromatic heterocycles. The Morgan fingerprint density at radius 2 is 2.03 bits per heavy atom. The van der Waals surface area contributed by atoms with Crippen LogP contribution in [0, 0.1) is 6.92 Å². The number of anilines is 1. The summed E-state index contributed by atoms with van der Waals surface area (Å²) in [4.78, 5) is 29.0. The van der Waals surface area contributed by atoms with E-state index in [0.717, 1.165) is 0 Å². The number of alkyl halides is 1. The van der Waals surface area contributed by atoms with Crippen molar-refractivity contribution in [3.8, 4) is 5.88 Å². The molecular weight excluding hydrogens is 497 g/mol. The quantitative estimate of drug-likeness (QED) is 0.264. The Balaban J connectivity index is 1.39. The van der Waals surface area contributed by atoms with Crippen molar-refractivity contribution >= 4 is 17.6 Å². The molecule has 3 aromatic rings. The number of hydrogen-bond acceptors (Lipinski definition) is 11. The molecule has 1 unspecified atom stereocenters. The molecule has 14 heteroatoms. The predicted molar refractivity (Wildman–Crippen MR) is 133 cm³/mol. The van der Waals surface area contributed by atoms with Crippen molar-refractivity contribution < 1.29 is 23.5 Å². The normalized spacial score (nSPS) is 16.9. The van der Waals surface area contributed by atoms with E-state index in [1.807, 2.05) is 11.8 Å². The highest BCUT2D eigenvalue weighted by Crippen LogP contribution is 2.22. The first-order chi connectivity index (χ1) is 18.3. The molecule has 0 N–H and O–H groups in total. The van der Waals surface area contributed by atoms with Crippen molar-refractivity contribution in [2.75, 3.05) is 38.2 Å². The van der Waals surface area contributed by atoms with Crippen LogP contribution in [0.1, 0.15) is 47.8 Å². The Morgan fingerprint density at radius 1 is 1.21 bits per heavy atom. The molecule has 0 aliphatic carbocycles. The van der Waals surface area contributed by atoms with Gasteiger partial charge in [0.2, 0.25) is 5.88 Å². The lowest BCUT2D eigenvalue weighted by atomic mass is 10.1. The Hall–Kier alpha value is -3.94. The summed E-state index contributed by atoms with van der Waals surface area (Å²) >= 11 is 0. The fourth-order valence-electron chi connectivity index (χ4n) is 4.27. The largest absolute Gasteiger partial charge is 0.470 e. The average molecular weight is 530 g/mol. The fourth-order valence-corrected chi connectivity index (χ4v) is 4.27. The van der Waals surface area contributed by atoms with Crippen molar-refractivity contribution in [2.45, 2.75) is 45.6 Å². The van der Waals surface area contributed by atoms with Crippen molar-refractivity contribution in [1.82, 2.24) is 39.9 Å². The predicted octanol–water partition coefficient (Wildman–Crippen LogP) is 1.50. The van der Waals surface area contributed by atoms with Crippen LogP contribution in [0.15, 0.2) is 24.5 Å². The van der Waals surface area contributed by atoms with E-state index < -0.39 is 18.3 Å². The van der Waals surface area contributed by atoms with E-state index in [0.29, 0.717) is 48.7 Å². The number of Topliss-reactive ketones (excluding diaryl/α,β-unsaturated/α-hetero) is 1. The van der Waals surface area contributed by atoms with Gasteiger partial charge in [0.15, 0.2) is 17.9 Å². The number of carbonyl (C=O) groups is 2. The standard InChI is InChI=1S/C24H32FN9O4/c1-5-6-21(25)34-19(16(2)27-30-34)15-38-23-8-7-22(28-29-23)33-10-9-32(18(13-33)24(36)37-4)14-20(35)17-11-26-31(3)12-17/h7-8,11-12,18,21H,5-6,9-10,13-15H2,1-4H3/t18-,21?/m0/s1. The molecule has 1 aliphatic heterocycles. The summed E-state index contributed by atoms with van der Waals surface area (Å²) in [7, 11) is 3.06. The molecule has 1 saturated heterocycles. The smallest absolute Gasteiger partial charge is 0.324 e. The molecule has 0 radical (unpaired) electrons. The van der Waals surface area contributed by atoms with Crippen molar-refractivity contribution in [3.05, 3.63) is 41.5 Å². The Bertz CT molecular complexity index is 1250. The lowest BCUT2D eigenvalue weighted by Gasteiger charge is -2.39. The van der Waals surface area contributed by atoms with Crippen LogP contribution in [0.5, 0.6) is 5.88 Å².